The number of aliphatic hydroxyl groups is 4. The maximum Gasteiger partial charge on any atom is 0.300 e. The van der Waals surface area contributed by atoms with Gasteiger partial charge in [0.25, 0.3) is 5.97 Å². The van der Waals surface area contributed by atoms with Crippen molar-refractivity contribution in [2.45, 2.75) is 33.0 Å². The van der Waals surface area contributed by atoms with Crippen LogP contribution < -0.4 is 0 Å². The van der Waals surface area contributed by atoms with E-state index in [1.807, 2.05) is 0 Å². The van der Waals surface area contributed by atoms with E-state index in [4.69, 9.17) is 30.3 Å². The molecule has 0 spiro atoms. The number of hydrogen-bond acceptors (Lipinski definition) is 5. The molecule has 0 bridgehead atoms. The fourth-order valence-electron chi connectivity index (χ4n) is 0. The summed E-state index contributed by atoms with van der Waals surface area (Å²) in [6, 6.07) is 0. The number of carbonyl (C=O) groups is 1. The monoisotopic (exact) mass is 212 g/mol. The molecular weight excluding hydrogens is 192 g/mol. The summed E-state index contributed by atoms with van der Waals surface area (Å²) in [7, 11) is 0. The van der Waals surface area contributed by atoms with Gasteiger partial charge in [0, 0.05) is 6.92 Å². The van der Waals surface area contributed by atoms with Crippen LogP contribution in [0.2, 0.25) is 0 Å². The SMILES string of the molecule is CC(=O)O.CC(O)CO.CC(O)CO. The summed E-state index contributed by atoms with van der Waals surface area (Å²) in [5.74, 6) is -0.833. The Morgan fingerprint density at radius 1 is 1.07 bits per heavy atom. The Morgan fingerprint density at radius 2 is 1.14 bits per heavy atom. The van der Waals surface area contributed by atoms with Crippen LogP contribution in [0.3, 0.4) is 0 Å². The number of aliphatic hydroxyl groups excluding tert-OH is 4. The molecule has 14 heavy (non-hydrogen) atoms. The largest absolute Gasteiger partial charge is 0.481 e. The van der Waals surface area contributed by atoms with E-state index >= 15 is 0 Å². The van der Waals surface area contributed by atoms with E-state index in [2.05, 4.69) is 0 Å². The fourth-order valence-corrected chi connectivity index (χ4v) is 0. The Kier molecular flexibility index (Phi) is 20.1. The minimum atomic E-state index is -0.833. The molecule has 6 heteroatoms. The van der Waals surface area contributed by atoms with Crippen LogP contribution in [0.1, 0.15) is 20.8 Å². The average Bonchev–Trinajstić information content (AvgIpc) is 2.04. The van der Waals surface area contributed by atoms with E-state index in [0.717, 1.165) is 6.92 Å². The molecule has 0 amide bonds. The van der Waals surface area contributed by atoms with Crippen molar-refractivity contribution in [2.24, 2.45) is 0 Å². The minimum Gasteiger partial charge on any atom is -0.481 e. The second kappa shape index (κ2) is 14.8. The number of hydrogen-bond donors (Lipinski definition) is 5. The van der Waals surface area contributed by atoms with E-state index < -0.39 is 18.2 Å². The van der Waals surface area contributed by atoms with E-state index in [9.17, 15) is 0 Å². The normalized spacial score (nSPS) is 12.5. The summed E-state index contributed by atoms with van der Waals surface area (Å²) in [6.07, 6.45) is -1.12. The van der Waals surface area contributed by atoms with Crippen LogP contribution in [0.15, 0.2) is 0 Å². The highest BCUT2D eigenvalue weighted by molar-refractivity contribution is 5.62. The van der Waals surface area contributed by atoms with Gasteiger partial charge in [-0.3, -0.25) is 4.79 Å². The van der Waals surface area contributed by atoms with Crippen LogP contribution in [-0.4, -0.2) is 56.9 Å². The Balaban J connectivity index is -0.000000131. The van der Waals surface area contributed by atoms with Gasteiger partial charge >= 0.3 is 0 Å². The number of aliphatic carboxylic acids is 1. The lowest BCUT2D eigenvalue weighted by atomic mass is 10.5. The first-order valence-electron chi connectivity index (χ1n) is 4.05. The standard InChI is InChI=1S/2C3H8O2.C2H4O2/c2*1-3(5)2-4;1-2(3)4/h2*3-5H,2H2,1H3;1H3,(H,3,4). The molecule has 0 aliphatic rings. The lowest BCUT2D eigenvalue weighted by molar-refractivity contribution is -0.134. The highest BCUT2D eigenvalue weighted by atomic mass is 16.4. The van der Waals surface area contributed by atoms with E-state index in [-0.39, 0.29) is 13.2 Å². The minimum absolute atomic E-state index is 0.139. The molecular formula is C8H20O6. The van der Waals surface area contributed by atoms with Crippen molar-refractivity contribution in [3.63, 3.8) is 0 Å². The van der Waals surface area contributed by atoms with E-state index in [1.165, 1.54) is 13.8 Å². The molecule has 0 aromatic carbocycles. The van der Waals surface area contributed by atoms with Crippen LogP contribution in [-0.2, 0) is 4.79 Å². The summed E-state index contributed by atoms with van der Waals surface area (Å²) >= 11 is 0. The molecule has 0 saturated heterocycles. The highest BCUT2D eigenvalue weighted by Gasteiger charge is 1.83. The van der Waals surface area contributed by atoms with E-state index in [1.54, 1.807) is 0 Å². The number of rotatable bonds is 2. The van der Waals surface area contributed by atoms with Crippen LogP contribution in [0.25, 0.3) is 0 Å². The van der Waals surface area contributed by atoms with Crippen molar-refractivity contribution in [3.8, 4) is 0 Å². The summed E-state index contributed by atoms with van der Waals surface area (Å²) in [5, 5.41) is 39.4. The van der Waals surface area contributed by atoms with Crippen molar-refractivity contribution in [1.29, 1.82) is 0 Å². The van der Waals surface area contributed by atoms with Gasteiger partial charge < -0.3 is 25.5 Å². The first-order valence-corrected chi connectivity index (χ1v) is 4.05. The van der Waals surface area contributed by atoms with Crippen molar-refractivity contribution >= 4 is 5.97 Å². The maximum absolute atomic E-state index is 9.00. The smallest absolute Gasteiger partial charge is 0.300 e. The predicted octanol–water partition coefficient (Wildman–Crippen LogP) is -1.19. The highest BCUT2D eigenvalue weighted by Crippen LogP contribution is 1.69. The molecule has 0 aliphatic carbocycles. The van der Waals surface area contributed by atoms with Crippen LogP contribution >= 0.6 is 0 Å². The van der Waals surface area contributed by atoms with Crippen molar-refractivity contribution in [3.05, 3.63) is 0 Å². The third kappa shape index (κ3) is 110. The molecule has 88 valence electrons. The van der Waals surface area contributed by atoms with Gasteiger partial charge in [-0.15, -0.1) is 0 Å². The summed E-state index contributed by atoms with van der Waals surface area (Å²) in [4.78, 5) is 9.00. The van der Waals surface area contributed by atoms with Crippen LogP contribution in [0, 0.1) is 0 Å². The van der Waals surface area contributed by atoms with Gasteiger partial charge in [-0.1, -0.05) is 0 Å². The van der Waals surface area contributed by atoms with E-state index in [0.29, 0.717) is 0 Å². The zero-order valence-corrected chi connectivity index (χ0v) is 8.71. The molecule has 2 unspecified atom stereocenters. The van der Waals surface area contributed by atoms with Crippen molar-refractivity contribution < 1.29 is 30.3 Å². The Bertz CT molecular complexity index is 100. The maximum atomic E-state index is 9.00. The molecule has 5 N–H and O–H groups in total. The third-order valence-corrected chi connectivity index (χ3v) is 0.528. The lowest BCUT2D eigenvalue weighted by Gasteiger charge is -1.90. The molecule has 0 aromatic rings. The second-order valence-corrected chi connectivity index (χ2v) is 2.58. The molecule has 0 aromatic heterocycles. The van der Waals surface area contributed by atoms with Gasteiger partial charge in [-0.25, -0.2) is 0 Å². The van der Waals surface area contributed by atoms with Gasteiger partial charge in [0.15, 0.2) is 0 Å². The molecule has 0 radical (unpaired) electrons. The number of carboxylic acids is 1. The average molecular weight is 212 g/mol. The molecule has 0 aliphatic heterocycles. The molecule has 0 heterocycles. The summed E-state index contributed by atoms with van der Waals surface area (Å²) in [6.45, 7) is 3.86. The van der Waals surface area contributed by atoms with Gasteiger partial charge in [0.05, 0.1) is 25.4 Å². The molecule has 0 saturated carbocycles. The predicted molar refractivity (Wildman–Crippen MR) is 50.8 cm³/mol. The zero-order valence-electron chi connectivity index (χ0n) is 8.71. The lowest BCUT2D eigenvalue weighted by Crippen LogP contribution is -2.03. The fraction of sp³-hybridized carbons (Fsp3) is 0.875. The molecule has 6 nitrogen and oxygen atoms in total. The summed E-state index contributed by atoms with van der Waals surface area (Å²) in [5.41, 5.74) is 0. The van der Waals surface area contributed by atoms with Gasteiger partial charge in [-0.2, -0.15) is 0 Å². The van der Waals surface area contributed by atoms with Crippen molar-refractivity contribution in [1.82, 2.24) is 0 Å². The topological polar surface area (TPSA) is 118 Å². The molecule has 2 atom stereocenters. The first-order chi connectivity index (χ1) is 6.27. The second-order valence-electron chi connectivity index (χ2n) is 2.58. The molecule has 0 fully saturated rings. The first kappa shape index (κ1) is 19.0. The Hall–Kier alpha value is -0.690. The van der Waals surface area contributed by atoms with Gasteiger partial charge in [0.1, 0.15) is 0 Å². The number of carboxylic acid groups (broad SMARTS) is 1. The quantitative estimate of drug-likeness (QED) is 0.393. The summed E-state index contributed by atoms with van der Waals surface area (Å²) < 4.78 is 0. The van der Waals surface area contributed by atoms with Crippen LogP contribution in [0.5, 0.6) is 0 Å². The van der Waals surface area contributed by atoms with Gasteiger partial charge in [-0.05, 0) is 13.8 Å². The third-order valence-electron chi connectivity index (χ3n) is 0.528. The van der Waals surface area contributed by atoms with Gasteiger partial charge in [0.2, 0.25) is 0 Å². The molecule has 0 rings (SSSR count). The Morgan fingerprint density at radius 3 is 1.14 bits per heavy atom. The van der Waals surface area contributed by atoms with Crippen LogP contribution in [0.4, 0.5) is 0 Å². The Labute approximate surface area is 83.4 Å². The zero-order chi connectivity index (χ0) is 12.1. The van der Waals surface area contributed by atoms with Crippen molar-refractivity contribution in [2.75, 3.05) is 13.2 Å².